The number of carbonyl (C=O) groups excluding carboxylic acids is 3. The van der Waals surface area contributed by atoms with E-state index in [1.165, 1.54) is 7.11 Å². The third-order valence-corrected chi connectivity index (χ3v) is 5.66. The number of methoxy groups -OCH3 is 1. The zero-order chi connectivity index (χ0) is 24.7. The number of fused-ring (bicyclic) bond motifs is 1. The molecule has 0 saturated heterocycles. The van der Waals surface area contributed by atoms with Gasteiger partial charge in [0, 0.05) is 0 Å². The zero-order valence-electron chi connectivity index (χ0n) is 19.3. The molecule has 4 N–H and O–H groups in total. The maximum atomic E-state index is 13.0. The lowest BCUT2D eigenvalue weighted by Gasteiger charge is -2.25. The van der Waals surface area contributed by atoms with Crippen LogP contribution in [0.4, 0.5) is 5.69 Å². The number of carbonyl (C=O) groups is 3. The Labute approximate surface area is 198 Å². The maximum Gasteiger partial charge on any atom is 0.320 e. The highest BCUT2D eigenvalue weighted by atomic mass is 16.5. The second kappa shape index (κ2) is 11.3. The molecule has 0 saturated carbocycles. The van der Waals surface area contributed by atoms with Crippen LogP contribution in [0.15, 0.2) is 47.5 Å². The molecule has 0 bridgehead atoms. The first kappa shape index (κ1) is 24.8. The highest BCUT2D eigenvalue weighted by Crippen LogP contribution is 2.37. The molecule has 2 aromatic carbocycles. The van der Waals surface area contributed by atoms with Crippen molar-refractivity contribution in [3.63, 3.8) is 0 Å². The van der Waals surface area contributed by atoms with Crippen molar-refractivity contribution in [3.05, 3.63) is 59.2 Å². The van der Waals surface area contributed by atoms with Crippen LogP contribution in [0.2, 0.25) is 0 Å². The number of nitrogens with zero attached hydrogens (tertiary/aromatic N) is 1. The summed E-state index contributed by atoms with van der Waals surface area (Å²) in [5.74, 6) is -2.82. The second-order valence-corrected chi connectivity index (χ2v) is 7.92. The molecule has 0 amide bonds. The van der Waals surface area contributed by atoms with E-state index in [0.29, 0.717) is 23.4 Å². The van der Waals surface area contributed by atoms with Gasteiger partial charge >= 0.3 is 17.9 Å². The van der Waals surface area contributed by atoms with Crippen molar-refractivity contribution < 1.29 is 28.6 Å². The molecule has 0 fully saturated rings. The van der Waals surface area contributed by atoms with Crippen molar-refractivity contribution in [1.82, 2.24) is 0 Å². The van der Waals surface area contributed by atoms with E-state index in [4.69, 9.17) is 25.7 Å². The molecule has 1 aliphatic rings. The molecule has 180 valence electrons. The zero-order valence-corrected chi connectivity index (χ0v) is 19.3. The normalized spacial score (nSPS) is 15.4. The Kier molecular flexibility index (Phi) is 8.24. The first-order chi connectivity index (χ1) is 16.3. The summed E-state index contributed by atoms with van der Waals surface area (Å²) in [6, 6.07) is 12.2. The monoisotopic (exact) mass is 467 g/mol. The minimum atomic E-state index is -1.06. The number of esters is 3. The molecule has 0 aliphatic heterocycles. The predicted octanol–water partition coefficient (Wildman–Crippen LogP) is 2.51. The average molecular weight is 468 g/mol. The first-order valence-electron chi connectivity index (χ1n) is 11.1. The topological polar surface area (TPSA) is 143 Å². The molecule has 9 heteroatoms. The van der Waals surface area contributed by atoms with Gasteiger partial charge in [0.1, 0.15) is 5.75 Å². The van der Waals surface area contributed by atoms with E-state index in [0.717, 1.165) is 24.0 Å². The van der Waals surface area contributed by atoms with Gasteiger partial charge in [0.2, 0.25) is 0 Å². The minimum absolute atomic E-state index is 0.0319. The molecule has 9 nitrogen and oxygen atoms in total. The third kappa shape index (κ3) is 5.92. The second-order valence-electron chi connectivity index (χ2n) is 7.92. The summed E-state index contributed by atoms with van der Waals surface area (Å²) >= 11 is 0. The first-order valence-corrected chi connectivity index (χ1v) is 11.1. The smallest absolute Gasteiger partial charge is 0.320 e. The fourth-order valence-electron chi connectivity index (χ4n) is 4.08. The van der Waals surface area contributed by atoms with E-state index in [1.54, 1.807) is 31.2 Å². The van der Waals surface area contributed by atoms with Crippen LogP contribution in [-0.2, 0) is 36.7 Å². The molecule has 0 radical (unpaired) electrons. The van der Waals surface area contributed by atoms with Crippen LogP contribution >= 0.6 is 0 Å². The fraction of sp³-hybridized carbons (Fsp3) is 0.360. The van der Waals surface area contributed by atoms with Crippen molar-refractivity contribution in [2.75, 3.05) is 13.7 Å². The van der Waals surface area contributed by atoms with Crippen LogP contribution in [0.5, 0.6) is 5.75 Å². The lowest BCUT2D eigenvalue weighted by molar-refractivity contribution is -0.160. The number of hydrogen-bond acceptors (Lipinski definition) is 7. The Morgan fingerprint density at radius 1 is 1.09 bits per heavy atom. The van der Waals surface area contributed by atoms with Crippen LogP contribution in [0.25, 0.3) is 0 Å². The van der Waals surface area contributed by atoms with Gasteiger partial charge in [-0.1, -0.05) is 24.3 Å². The van der Waals surface area contributed by atoms with Crippen LogP contribution in [0.1, 0.15) is 42.4 Å². The van der Waals surface area contributed by atoms with Crippen molar-refractivity contribution >= 4 is 29.6 Å². The highest BCUT2D eigenvalue weighted by Gasteiger charge is 2.31. The molecule has 2 unspecified atom stereocenters. The quantitative estimate of drug-likeness (QED) is 0.198. The summed E-state index contributed by atoms with van der Waals surface area (Å²) in [5, 5.41) is 0. The van der Waals surface area contributed by atoms with Gasteiger partial charge in [-0.3, -0.25) is 14.4 Å². The summed E-state index contributed by atoms with van der Waals surface area (Å²) in [6.45, 7) is 1.83. The Hall–Kier alpha value is -3.88. The number of aliphatic imine (C=N–C) groups is 1. The summed E-state index contributed by atoms with van der Waals surface area (Å²) in [6.07, 6.45) is 2.37. The Bertz CT molecular complexity index is 1080. The van der Waals surface area contributed by atoms with Gasteiger partial charge in [0.15, 0.2) is 11.9 Å². The molecular weight excluding hydrogens is 438 g/mol. The highest BCUT2D eigenvalue weighted by molar-refractivity contribution is 5.95. The van der Waals surface area contributed by atoms with E-state index in [1.807, 2.05) is 18.2 Å². The molecule has 0 heterocycles. The van der Waals surface area contributed by atoms with Gasteiger partial charge in [-0.2, -0.15) is 0 Å². The van der Waals surface area contributed by atoms with Gasteiger partial charge in [0.05, 0.1) is 25.3 Å². The number of guanidine groups is 1. The van der Waals surface area contributed by atoms with E-state index in [9.17, 15) is 14.4 Å². The molecule has 2 atom stereocenters. The molecule has 34 heavy (non-hydrogen) atoms. The van der Waals surface area contributed by atoms with Gasteiger partial charge in [-0.15, -0.1) is 0 Å². The minimum Gasteiger partial charge on any atom is -0.468 e. The maximum absolute atomic E-state index is 13.0. The molecule has 0 spiro atoms. The lowest BCUT2D eigenvalue weighted by atomic mass is 9.82. The lowest BCUT2D eigenvalue weighted by Crippen LogP contribution is -2.29. The van der Waals surface area contributed by atoms with Crippen LogP contribution in [0, 0.1) is 5.92 Å². The van der Waals surface area contributed by atoms with E-state index in [-0.39, 0.29) is 25.0 Å². The summed E-state index contributed by atoms with van der Waals surface area (Å²) in [7, 11) is 1.22. The van der Waals surface area contributed by atoms with Gasteiger partial charge in [-0.05, 0) is 67.5 Å². The standard InChI is InChI=1S/C25H29N3O6/c1-3-33-23(30)20(22(29)32-2)14-15-10-12-16(13-11-15)34-24(31)19-8-4-7-18-17(19)6-5-9-21(18)28-25(26)27/h5-6,9-13,19-20H,3-4,7-8,14H2,1-2H3,(H4,26,27,28). The summed E-state index contributed by atoms with van der Waals surface area (Å²) in [5.41, 5.74) is 14.3. The molecule has 0 aromatic heterocycles. The molecule has 2 aromatic rings. The Balaban J connectivity index is 1.72. The van der Waals surface area contributed by atoms with E-state index in [2.05, 4.69) is 4.99 Å². The number of rotatable bonds is 8. The van der Waals surface area contributed by atoms with Crippen molar-refractivity contribution in [2.45, 2.75) is 38.5 Å². The SMILES string of the molecule is CCOC(=O)C(Cc1ccc(OC(=O)C2CCCc3c(N=C(N)N)cccc32)cc1)C(=O)OC. The molecular formula is C25H29N3O6. The third-order valence-electron chi connectivity index (χ3n) is 5.66. The predicted molar refractivity (Wildman–Crippen MR) is 126 cm³/mol. The summed E-state index contributed by atoms with van der Waals surface area (Å²) < 4.78 is 15.3. The van der Waals surface area contributed by atoms with Gasteiger partial charge in [0.25, 0.3) is 0 Å². The van der Waals surface area contributed by atoms with Gasteiger partial charge < -0.3 is 25.7 Å². The summed E-state index contributed by atoms with van der Waals surface area (Å²) in [4.78, 5) is 41.3. The number of benzene rings is 2. The number of hydrogen-bond donors (Lipinski definition) is 2. The fourth-order valence-corrected chi connectivity index (χ4v) is 4.08. The van der Waals surface area contributed by atoms with Crippen LogP contribution < -0.4 is 16.2 Å². The Morgan fingerprint density at radius 3 is 2.47 bits per heavy atom. The largest absolute Gasteiger partial charge is 0.468 e. The van der Waals surface area contributed by atoms with Crippen molar-refractivity contribution in [3.8, 4) is 5.75 Å². The molecule has 1 aliphatic carbocycles. The van der Waals surface area contributed by atoms with Crippen molar-refractivity contribution in [1.29, 1.82) is 0 Å². The van der Waals surface area contributed by atoms with Crippen LogP contribution in [-0.4, -0.2) is 37.6 Å². The van der Waals surface area contributed by atoms with Crippen LogP contribution in [0.3, 0.4) is 0 Å². The average Bonchev–Trinajstić information content (AvgIpc) is 2.82. The Morgan fingerprint density at radius 2 is 1.82 bits per heavy atom. The number of ether oxygens (including phenoxy) is 3. The van der Waals surface area contributed by atoms with Gasteiger partial charge in [-0.25, -0.2) is 4.99 Å². The van der Waals surface area contributed by atoms with Crippen molar-refractivity contribution in [2.24, 2.45) is 22.4 Å². The van der Waals surface area contributed by atoms with E-state index < -0.39 is 23.8 Å². The molecule has 3 rings (SSSR count). The van der Waals surface area contributed by atoms with E-state index >= 15 is 0 Å². The number of nitrogens with two attached hydrogens (primary N) is 2.